The predicted octanol–water partition coefficient (Wildman–Crippen LogP) is 7.51. The topological polar surface area (TPSA) is 43.6 Å². The summed E-state index contributed by atoms with van der Waals surface area (Å²) in [7, 11) is 0. The van der Waals surface area contributed by atoms with Crippen molar-refractivity contribution in [1.82, 2.24) is 20.2 Å². The maximum atomic E-state index is 4.60. The molecule has 0 saturated heterocycles. The van der Waals surface area contributed by atoms with Gasteiger partial charge in [-0.1, -0.05) is 67.2 Å². The molecule has 0 bridgehead atoms. The highest BCUT2D eigenvalue weighted by molar-refractivity contribution is 5.12. The number of tetrazole rings is 1. The molecule has 4 heteroatoms. The molecule has 186 valence electrons. The monoisotopic (exact) mass is 454 g/mol. The first-order chi connectivity index (χ1) is 15.8. The predicted molar refractivity (Wildman–Crippen MR) is 135 cm³/mol. The molecule has 4 nitrogen and oxygen atoms in total. The Labute approximate surface area is 203 Å². The fourth-order valence-corrected chi connectivity index (χ4v) is 10.0. The molecule has 0 spiro atoms. The minimum absolute atomic E-state index is 0.375. The zero-order valence-electron chi connectivity index (χ0n) is 22.4. The van der Waals surface area contributed by atoms with Crippen molar-refractivity contribution in [3.63, 3.8) is 0 Å². The fraction of sp³-hybridized carbons (Fsp3) is 0.966. The van der Waals surface area contributed by atoms with Crippen LogP contribution in [0.3, 0.4) is 0 Å². The van der Waals surface area contributed by atoms with Crippen LogP contribution in [0.1, 0.15) is 124 Å². The van der Waals surface area contributed by atoms with E-state index >= 15 is 0 Å². The third kappa shape index (κ3) is 3.80. The molecule has 9 unspecified atom stereocenters. The van der Waals surface area contributed by atoms with Gasteiger partial charge in [-0.15, -0.1) is 5.10 Å². The summed E-state index contributed by atoms with van der Waals surface area (Å²) in [5.41, 5.74) is 0.892. The van der Waals surface area contributed by atoms with Crippen molar-refractivity contribution in [1.29, 1.82) is 0 Å². The third-order valence-electron chi connectivity index (χ3n) is 12.0. The zero-order valence-corrected chi connectivity index (χ0v) is 22.4. The Balaban J connectivity index is 1.39. The van der Waals surface area contributed by atoms with Gasteiger partial charge in [0, 0.05) is 6.42 Å². The molecule has 3 fully saturated rings. The van der Waals surface area contributed by atoms with Gasteiger partial charge in [-0.3, -0.25) is 0 Å². The Morgan fingerprint density at radius 2 is 1.73 bits per heavy atom. The first kappa shape index (κ1) is 23.8. The van der Waals surface area contributed by atoms with Crippen LogP contribution >= 0.6 is 0 Å². The Bertz CT molecular complexity index is 816. The second kappa shape index (κ2) is 8.94. The van der Waals surface area contributed by atoms with Crippen LogP contribution in [0.4, 0.5) is 0 Å². The lowest BCUT2D eigenvalue weighted by Crippen LogP contribution is -2.49. The van der Waals surface area contributed by atoms with Crippen LogP contribution in [0.15, 0.2) is 0 Å². The van der Waals surface area contributed by atoms with Crippen LogP contribution in [0.5, 0.6) is 0 Å². The highest BCUT2D eigenvalue weighted by Gasteiger charge is 2.60. The van der Waals surface area contributed by atoms with Crippen LogP contribution < -0.4 is 0 Å². The van der Waals surface area contributed by atoms with E-state index in [4.69, 9.17) is 0 Å². The smallest absolute Gasteiger partial charge is 0.151 e. The Morgan fingerprint density at radius 1 is 0.939 bits per heavy atom. The van der Waals surface area contributed by atoms with Crippen LogP contribution in [-0.4, -0.2) is 20.2 Å². The first-order valence-corrected chi connectivity index (χ1v) is 14.6. The van der Waals surface area contributed by atoms with Crippen LogP contribution in [0.25, 0.3) is 0 Å². The lowest BCUT2D eigenvalue weighted by Gasteiger charge is -2.56. The van der Waals surface area contributed by atoms with Gasteiger partial charge in [-0.25, -0.2) is 4.68 Å². The van der Waals surface area contributed by atoms with Gasteiger partial charge >= 0.3 is 0 Å². The van der Waals surface area contributed by atoms with E-state index in [2.05, 4.69) is 61.7 Å². The Kier molecular flexibility index (Phi) is 6.44. The first-order valence-electron chi connectivity index (χ1n) is 14.6. The highest BCUT2D eigenvalue weighted by atomic mass is 15.6. The SMILES string of the molecule is CCC(CCC(C)C1CCC2C3Cc4nnnn4C4CCCCC4(C)C3CCC12C)C(C)C. The second-order valence-corrected chi connectivity index (χ2v) is 13.6. The molecular weight excluding hydrogens is 404 g/mol. The number of fused-ring (bicyclic) bond motifs is 7. The van der Waals surface area contributed by atoms with Gasteiger partial charge in [0.2, 0.25) is 0 Å². The Morgan fingerprint density at radius 3 is 2.48 bits per heavy atom. The van der Waals surface area contributed by atoms with E-state index in [0.717, 1.165) is 47.8 Å². The van der Waals surface area contributed by atoms with Gasteiger partial charge < -0.3 is 0 Å². The molecule has 4 aliphatic rings. The van der Waals surface area contributed by atoms with Crippen LogP contribution in [-0.2, 0) is 6.42 Å². The fourth-order valence-electron chi connectivity index (χ4n) is 10.0. The van der Waals surface area contributed by atoms with Gasteiger partial charge in [0.05, 0.1) is 6.04 Å². The number of hydrogen-bond donors (Lipinski definition) is 0. The molecule has 1 aliphatic heterocycles. The van der Waals surface area contributed by atoms with E-state index in [1.54, 1.807) is 0 Å². The summed E-state index contributed by atoms with van der Waals surface area (Å²) >= 11 is 0. The lowest BCUT2D eigenvalue weighted by atomic mass is 9.49. The Hall–Kier alpha value is -0.930. The normalized spacial score (nSPS) is 42.1. The van der Waals surface area contributed by atoms with Crippen molar-refractivity contribution in [3.8, 4) is 0 Å². The largest absolute Gasteiger partial charge is 0.226 e. The van der Waals surface area contributed by atoms with E-state index < -0.39 is 0 Å². The molecule has 9 atom stereocenters. The maximum Gasteiger partial charge on any atom is 0.151 e. The van der Waals surface area contributed by atoms with Gasteiger partial charge in [0.15, 0.2) is 5.82 Å². The average Bonchev–Trinajstić information content (AvgIpc) is 3.35. The summed E-state index contributed by atoms with van der Waals surface area (Å²) in [6.45, 7) is 15.2. The molecule has 3 saturated carbocycles. The molecule has 1 aromatic rings. The lowest BCUT2D eigenvalue weighted by molar-refractivity contribution is -0.0712. The molecule has 0 amide bonds. The zero-order chi connectivity index (χ0) is 23.4. The molecule has 2 heterocycles. The number of aromatic nitrogens is 4. The third-order valence-corrected chi connectivity index (χ3v) is 12.0. The molecule has 0 radical (unpaired) electrons. The number of hydrogen-bond acceptors (Lipinski definition) is 3. The molecule has 0 N–H and O–H groups in total. The number of nitrogens with zero attached hydrogens (tertiary/aromatic N) is 4. The molecule has 3 aliphatic carbocycles. The van der Waals surface area contributed by atoms with Gasteiger partial charge in [-0.05, 0) is 108 Å². The van der Waals surface area contributed by atoms with Crippen LogP contribution in [0, 0.1) is 52.3 Å². The number of rotatable bonds is 6. The quantitative estimate of drug-likeness (QED) is 0.447. The molecule has 1 aromatic heterocycles. The van der Waals surface area contributed by atoms with E-state index in [9.17, 15) is 0 Å². The van der Waals surface area contributed by atoms with E-state index in [0.29, 0.717) is 16.9 Å². The van der Waals surface area contributed by atoms with Gasteiger partial charge in [0.25, 0.3) is 0 Å². The average molecular weight is 455 g/mol. The van der Waals surface area contributed by atoms with Crippen molar-refractivity contribution in [2.75, 3.05) is 0 Å². The van der Waals surface area contributed by atoms with Gasteiger partial charge in [0.1, 0.15) is 0 Å². The van der Waals surface area contributed by atoms with Crippen molar-refractivity contribution >= 4 is 0 Å². The summed E-state index contributed by atoms with van der Waals surface area (Å²) < 4.78 is 2.29. The summed E-state index contributed by atoms with van der Waals surface area (Å²) in [6.07, 6.45) is 16.5. The highest BCUT2D eigenvalue weighted by Crippen LogP contribution is 2.67. The molecular formula is C29H50N4. The van der Waals surface area contributed by atoms with E-state index in [-0.39, 0.29) is 0 Å². The van der Waals surface area contributed by atoms with Crippen molar-refractivity contribution in [2.24, 2.45) is 52.3 Å². The molecule has 33 heavy (non-hydrogen) atoms. The van der Waals surface area contributed by atoms with Crippen molar-refractivity contribution < 1.29 is 0 Å². The minimum Gasteiger partial charge on any atom is -0.226 e. The molecule has 0 aromatic carbocycles. The maximum absolute atomic E-state index is 4.60. The molecule has 5 rings (SSSR count). The summed E-state index contributed by atoms with van der Waals surface area (Å²) in [4.78, 5) is 0. The van der Waals surface area contributed by atoms with Crippen molar-refractivity contribution in [3.05, 3.63) is 5.82 Å². The second-order valence-electron chi connectivity index (χ2n) is 13.6. The summed E-state index contributed by atoms with van der Waals surface area (Å²) in [5.74, 6) is 7.16. The summed E-state index contributed by atoms with van der Waals surface area (Å²) in [6, 6.07) is 0.522. The summed E-state index contributed by atoms with van der Waals surface area (Å²) in [5, 5.41) is 13.3. The van der Waals surface area contributed by atoms with Crippen LogP contribution in [0.2, 0.25) is 0 Å². The van der Waals surface area contributed by atoms with E-state index in [1.165, 1.54) is 76.5 Å². The van der Waals surface area contributed by atoms with E-state index in [1.807, 2.05) is 0 Å². The van der Waals surface area contributed by atoms with Crippen molar-refractivity contribution in [2.45, 2.75) is 125 Å². The van der Waals surface area contributed by atoms with Gasteiger partial charge in [-0.2, -0.15) is 0 Å². The standard InChI is InChI=1S/C29H50N4/c1-7-21(19(2)3)12-11-20(4)23-13-14-24-22-18-27-30-31-32-33(27)26-10-8-9-16-29(26,6)25(22)15-17-28(23,24)5/h19-26H,7-18H2,1-6H3. The minimum atomic E-state index is 0.375.